The first-order valence-electron chi connectivity index (χ1n) is 7.51. The van der Waals surface area contributed by atoms with Crippen LogP contribution < -0.4 is 21.4 Å². The summed E-state index contributed by atoms with van der Waals surface area (Å²) in [7, 11) is 0. The maximum Gasteiger partial charge on any atom is 0.278 e. The molecule has 0 saturated heterocycles. The summed E-state index contributed by atoms with van der Waals surface area (Å²) < 4.78 is 1.03. The van der Waals surface area contributed by atoms with Crippen LogP contribution in [0, 0.1) is 0 Å². The molecule has 6 nitrogen and oxygen atoms in total. The van der Waals surface area contributed by atoms with Gasteiger partial charge in [-0.25, -0.2) is 4.68 Å². The van der Waals surface area contributed by atoms with Crippen molar-refractivity contribution in [3.8, 4) is 0 Å². The molecule has 1 aromatic rings. The number of hydrogen-bond acceptors (Lipinski definition) is 4. The molecule has 0 aliphatic rings. The van der Waals surface area contributed by atoms with E-state index in [0.29, 0.717) is 17.1 Å². The lowest BCUT2D eigenvalue weighted by Crippen LogP contribution is -2.49. The number of aromatic nitrogens is 3. The summed E-state index contributed by atoms with van der Waals surface area (Å²) >= 11 is 0. The Morgan fingerprint density at radius 2 is 2.04 bits per heavy atom. The van der Waals surface area contributed by atoms with Crippen molar-refractivity contribution in [3.05, 3.63) is 70.0 Å². The maximum absolute atomic E-state index is 12.4. The molecule has 0 unspecified atom stereocenters. The number of amides is 1. The van der Waals surface area contributed by atoms with Crippen LogP contribution in [0.5, 0.6) is 0 Å². The number of nitrogens with one attached hydrogen (secondary N) is 1. The molecule has 0 fully saturated rings. The third-order valence-corrected chi connectivity index (χ3v) is 3.16. The standard InChI is InChI=1S/C18H22N4O2/c1-5-9-11-14(7-3)12-19-17(23)13-22-18(24)15(10-6-2)16(8-4)20-21-22/h5-11H,1-2,12-13H2,3-4H3,(H,19,23)/b11-9-,14-7+,15-10+,16-8+. The molecular formula is C18H22N4O2. The van der Waals surface area contributed by atoms with Crippen molar-refractivity contribution >= 4 is 18.1 Å². The van der Waals surface area contributed by atoms with E-state index in [1.165, 1.54) is 6.08 Å². The predicted octanol–water partition coefficient (Wildman–Crippen LogP) is 0.210. The molecule has 0 bridgehead atoms. The Labute approximate surface area is 140 Å². The van der Waals surface area contributed by atoms with E-state index in [9.17, 15) is 9.59 Å². The SMILES string of the molecule is C=C/C=C\C(=C/C)CNC(=O)Cn1nnc(=C/C)/c(=C\C=C)c1=O. The van der Waals surface area contributed by atoms with Gasteiger partial charge in [0, 0.05) is 6.54 Å². The average Bonchev–Trinajstić information content (AvgIpc) is 2.59. The second kappa shape index (κ2) is 9.89. The van der Waals surface area contributed by atoms with E-state index in [4.69, 9.17) is 0 Å². The molecule has 126 valence electrons. The third kappa shape index (κ3) is 5.31. The van der Waals surface area contributed by atoms with E-state index in [2.05, 4.69) is 28.8 Å². The van der Waals surface area contributed by atoms with Gasteiger partial charge in [-0.05, 0) is 25.5 Å². The van der Waals surface area contributed by atoms with Crippen molar-refractivity contribution < 1.29 is 4.79 Å². The van der Waals surface area contributed by atoms with Crippen LogP contribution in [-0.4, -0.2) is 27.4 Å². The Hall–Kier alpha value is -3.02. The minimum atomic E-state index is -0.383. The fraction of sp³-hybridized carbons (Fsp3) is 0.222. The molecule has 0 aromatic carbocycles. The van der Waals surface area contributed by atoms with Crippen molar-refractivity contribution in [2.75, 3.05) is 6.54 Å². The molecule has 1 rings (SSSR count). The second-order valence-corrected chi connectivity index (χ2v) is 4.78. The van der Waals surface area contributed by atoms with E-state index in [0.717, 1.165) is 10.3 Å². The largest absolute Gasteiger partial charge is 0.350 e. The first kappa shape index (κ1) is 19.0. The molecule has 0 radical (unpaired) electrons. The molecule has 1 N–H and O–H groups in total. The number of rotatable bonds is 7. The highest BCUT2D eigenvalue weighted by Crippen LogP contribution is 1.95. The average molecular weight is 326 g/mol. The zero-order valence-corrected chi connectivity index (χ0v) is 14.0. The molecule has 0 saturated carbocycles. The zero-order valence-electron chi connectivity index (χ0n) is 14.0. The number of nitrogens with zero attached hydrogens (tertiary/aromatic N) is 3. The van der Waals surface area contributed by atoms with Gasteiger partial charge in [-0.2, -0.15) is 0 Å². The number of carbonyl (C=O) groups is 1. The van der Waals surface area contributed by atoms with Gasteiger partial charge in [-0.1, -0.05) is 54.8 Å². The van der Waals surface area contributed by atoms with Crippen LogP contribution in [0.1, 0.15) is 13.8 Å². The van der Waals surface area contributed by atoms with Crippen LogP contribution in [0.3, 0.4) is 0 Å². The topological polar surface area (TPSA) is 76.9 Å². The molecule has 24 heavy (non-hydrogen) atoms. The molecular weight excluding hydrogens is 304 g/mol. The second-order valence-electron chi connectivity index (χ2n) is 4.78. The molecule has 0 aliphatic heterocycles. The van der Waals surface area contributed by atoms with E-state index < -0.39 is 0 Å². The Balaban J connectivity index is 2.93. The maximum atomic E-state index is 12.4. The highest BCUT2D eigenvalue weighted by molar-refractivity contribution is 5.75. The first-order chi connectivity index (χ1) is 11.6. The van der Waals surface area contributed by atoms with Crippen molar-refractivity contribution in [2.45, 2.75) is 20.4 Å². The zero-order chi connectivity index (χ0) is 17.9. The molecule has 1 heterocycles. The van der Waals surface area contributed by atoms with Gasteiger partial charge in [-0.15, -0.1) is 5.10 Å². The lowest BCUT2D eigenvalue weighted by molar-refractivity contribution is -0.121. The normalized spacial score (nSPS) is 13.3. The van der Waals surface area contributed by atoms with Gasteiger partial charge in [0.05, 0.1) is 10.6 Å². The van der Waals surface area contributed by atoms with Crippen LogP contribution in [0.4, 0.5) is 0 Å². The van der Waals surface area contributed by atoms with Crippen molar-refractivity contribution in [1.29, 1.82) is 0 Å². The summed E-state index contributed by atoms with van der Waals surface area (Å²) in [6, 6.07) is 0. The summed E-state index contributed by atoms with van der Waals surface area (Å²) in [5.74, 6) is -0.324. The Morgan fingerprint density at radius 3 is 2.62 bits per heavy atom. The monoisotopic (exact) mass is 326 g/mol. The molecule has 0 atom stereocenters. The van der Waals surface area contributed by atoms with Crippen LogP contribution in [0.15, 0.2) is 53.9 Å². The van der Waals surface area contributed by atoms with Gasteiger partial charge in [0.2, 0.25) is 5.91 Å². The third-order valence-electron chi connectivity index (χ3n) is 3.16. The van der Waals surface area contributed by atoms with Crippen molar-refractivity contribution in [3.63, 3.8) is 0 Å². The molecule has 1 aromatic heterocycles. The van der Waals surface area contributed by atoms with Gasteiger partial charge >= 0.3 is 0 Å². The smallest absolute Gasteiger partial charge is 0.278 e. The molecule has 6 heteroatoms. The summed E-state index contributed by atoms with van der Waals surface area (Å²) in [5.41, 5.74) is 0.546. The summed E-state index contributed by atoms with van der Waals surface area (Å²) in [6.45, 7) is 11.0. The highest BCUT2D eigenvalue weighted by Gasteiger charge is 2.07. The minimum absolute atomic E-state index is 0.198. The predicted molar refractivity (Wildman–Crippen MR) is 96.4 cm³/mol. The Bertz CT molecular complexity index is 845. The fourth-order valence-electron chi connectivity index (χ4n) is 1.88. The van der Waals surface area contributed by atoms with Gasteiger partial charge in [0.1, 0.15) is 6.54 Å². The van der Waals surface area contributed by atoms with Gasteiger partial charge in [0.15, 0.2) is 0 Å². The van der Waals surface area contributed by atoms with Gasteiger partial charge in [-0.3, -0.25) is 9.59 Å². The Kier molecular flexibility index (Phi) is 7.84. The fourth-order valence-corrected chi connectivity index (χ4v) is 1.88. The minimum Gasteiger partial charge on any atom is -0.350 e. The summed E-state index contributed by atoms with van der Waals surface area (Å²) in [6.07, 6.45) is 11.9. The van der Waals surface area contributed by atoms with Crippen LogP contribution in [0.25, 0.3) is 12.2 Å². The number of hydrogen-bond donors (Lipinski definition) is 1. The summed E-state index contributed by atoms with van der Waals surface area (Å²) in [4.78, 5) is 24.4. The quantitative estimate of drug-likeness (QED) is 0.727. The van der Waals surface area contributed by atoms with Crippen LogP contribution in [-0.2, 0) is 11.3 Å². The molecule has 1 amide bonds. The lowest BCUT2D eigenvalue weighted by Gasteiger charge is -2.06. The highest BCUT2D eigenvalue weighted by atomic mass is 16.2. The number of allylic oxidation sites excluding steroid dienone is 4. The van der Waals surface area contributed by atoms with Crippen LogP contribution >= 0.6 is 0 Å². The van der Waals surface area contributed by atoms with E-state index in [-0.39, 0.29) is 18.0 Å². The van der Waals surface area contributed by atoms with E-state index >= 15 is 0 Å². The molecule has 0 aliphatic carbocycles. The van der Waals surface area contributed by atoms with E-state index in [1.54, 1.807) is 31.2 Å². The van der Waals surface area contributed by atoms with Crippen molar-refractivity contribution in [2.24, 2.45) is 0 Å². The Morgan fingerprint density at radius 1 is 1.29 bits per heavy atom. The van der Waals surface area contributed by atoms with Crippen molar-refractivity contribution in [1.82, 2.24) is 20.3 Å². The molecule has 0 spiro atoms. The lowest BCUT2D eigenvalue weighted by atomic mass is 10.2. The van der Waals surface area contributed by atoms with Gasteiger partial charge < -0.3 is 5.32 Å². The van der Waals surface area contributed by atoms with Crippen LogP contribution in [0.2, 0.25) is 0 Å². The van der Waals surface area contributed by atoms with Gasteiger partial charge in [0.25, 0.3) is 5.56 Å². The number of carbonyl (C=O) groups excluding carboxylic acids is 1. The first-order valence-corrected chi connectivity index (χ1v) is 7.51. The summed E-state index contributed by atoms with van der Waals surface area (Å²) in [5, 5.41) is 11.3. The van der Waals surface area contributed by atoms with E-state index in [1.807, 2.05) is 19.1 Å².